The van der Waals surface area contributed by atoms with Crippen molar-refractivity contribution < 1.29 is 22.7 Å². The summed E-state index contributed by atoms with van der Waals surface area (Å²) in [5, 5.41) is 14.3. The summed E-state index contributed by atoms with van der Waals surface area (Å²) in [6.07, 6.45) is -0.570. The maximum Gasteiger partial charge on any atom is 0.319 e. The fourth-order valence-corrected chi connectivity index (χ4v) is 4.41. The molecule has 130 valence electrons. The summed E-state index contributed by atoms with van der Waals surface area (Å²) in [4.78, 5) is 12.1. The number of anilines is 1. The lowest BCUT2D eigenvalue weighted by Crippen LogP contribution is -2.45. The van der Waals surface area contributed by atoms with Crippen LogP contribution in [0.25, 0.3) is 0 Å². The predicted molar refractivity (Wildman–Crippen MR) is 87.3 cm³/mol. The molecule has 0 radical (unpaired) electrons. The highest BCUT2D eigenvalue weighted by Gasteiger charge is 2.38. The number of methoxy groups -OCH3 is 2. The molecule has 0 bridgehead atoms. The number of hydrogen-bond donors (Lipinski definition) is 2. The minimum absolute atomic E-state index is 0.112. The summed E-state index contributed by atoms with van der Waals surface area (Å²) in [6.45, 7) is 0.296. The first-order valence-corrected chi connectivity index (χ1v) is 9.03. The van der Waals surface area contributed by atoms with E-state index in [4.69, 9.17) is 14.7 Å². The number of carbonyl (C=O) groups excluding carboxylic acids is 1. The van der Waals surface area contributed by atoms with Crippen LogP contribution in [0.3, 0.4) is 0 Å². The Bertz CT molecular complexity index is 757. The van der Waals surface area contributed by atoms with E-state index in [0.717, 1.165) is 0 Å². The Morgan fingerprint density at radius 3 is 2.75 bits per heavy atom. The molecule has 0 spiro atoms. The van der Waals surface area contributed by atoms with E-state index in [-0.39, 0.29) is 11.5 Å². The minimum Gasteiger partial charge on any atom is -0.380 e. The van der Waals surface area contributed by atoms with E-state index in [2.05, 4.69) is 10.6 Å². The lowest BCUT2D eigenvalue weighted by Gasteiger charge is -2.18. The zero-order valence-electron chi connectivity index (χ0n) is 13.4. The molecule has 9 heteroatoms. The zero-order valence-corrected chi connectivity index (χ0v) is 14.2. The third-order valence-corrected chi connectivity index (χ3v) is 5.41. The molecule has 0 saturated carbocycles. The summed E-state index contributed by atoms with van der Waals surface area (Å²) >= 11 is 0. The van der Waals surface area contributed by atoms with Crippen molar-refractivity contribution in [2.75, 3.05) is 31.0 Å². The monoisotopic (exact) mass is 353 g/mol. The van der Waals surface area contributed by atoms with E-state index in [1.165, 1.54) is 20.3 Å². The van der Waals surface area contributed by atoms with Gasteiger partial charge in [0.15, 0.2) is 9.84 Å². The van der Waals surface area contributed by atoms with Crippen LogP contribution < -0.4 is 10.6 Å². The fourth-order valence-electron chi connectivity index (χ4n) is 2.56. The number of urea groups is 1. The molecule has 2 amide bonds. The first kappa shape index (κ1) is 18.2. The van der Waals surface area contributed by atoms with Crippen LogP contribution in [0.15, 0.2) is 18.2 Å². The first-order valence-electron chi connectivity index (χ1n) is 7.21. The molecule has 1 aliphatic heterocycles. The molecule has 1 aliphatic rings. The smallest absolute Gasteiger partial charge is 0.319 e. The van der Waals surface area contributed by atoms with Crippen molar-refractivity contribution in [3.63, 3.8) is 0 Å². The van der Waals surface area contributed by atoms with E-state index < -0.39 is 28.0 Å². The fraction of sp³-hybridized carbons (Fsp3) is 0.467. The Hall–Kier alpha value is -2.15. The van der Waals surface area contributed by atoms with Crippen molar-refractivity contribution in [2.45, 2.75) is 18.8 Å². The van der Waals surface area contributed by atoms with Gasteiger partial charge in [-0.2, -0.15) is 5.26 Å². The van der Waals surface area contributed by atoms with Gasteiger partial charge in [-0.1, -0.05) is 6.07 Å². The van der Waals surface area contributed by atoms with Crippen LogP contribution in [-0.2, 0) is 25.9 Å². The molecular formula is C15H19N3O5S. The largest absolute Gasteiger partial charge is 0.380 e. The van der Waals surface area contributed by atoms with Crippen molar-refractivity contribution in [2.24, 2.45) is 0 Å². The maximum atomic E-state index is 12.1. The number of sulfone groups is 1. The number of amides is 2. The summed E-state index contributed by atoms with van der Waals surface area (Å²) in [5.41, 5.74) is 1.54. The topological polar surface area (TPSA) is 118 Å². The number of nitrogens with zero attached hydrogens (tertiary/aromatic N) is 1. The lowest BCUT2D eigenvalue weighted by atomic mass is 10.1. The number of nitrogens with one attached hydrogen (secondary N) is 2. The van der Waals surface area contributed by atoms with Gasteiger partial charge in [-0.05, 0) is 17.7 Å². The van der Waals surface area contributed by atoms with Crippen LogP contribution in [0.1, 0.15) is 11.1 Å². The molecule has 1 saturated heterocycles. The number of hydrogen-bond acceptors (Lipinski definition) is 6. The van der Waals surface area contributed by atoms with Gasteiger partial charge in [0, 0.05) is 19.9 Å². The number of nitriles is 1. The van der Waals surface area contributed by atoms with Crippen molar-refractivity contribution in [1.29, 1.82) is 5.26 Å². The molecular weight excluding hydrogens is 334 g/mol. The van der Waals surface area contributed by atoms with Crippen molar-refractivity contribution >= 4 is 21.6 Å². The zero-order chi connectivity index (χ0) is 17.7. The van der Waals surface area contributed by atoms with E-state index in [9.17, 15) is 13.2 Å². The highest BCUT2D eigenvalue weighted by Crippen LogP contribution is 2.18. The number of carbonyl (C=O) groups is 1. The molecule has 1 aromatic rings. The van der Waals surface area contributed by atoms with Gasteiger partial charge >= 0.3 is 6.03 Å². The van der Waals surface area contributed by atoms with Crippen LogP contribution in [0.2, 0.25) is 0 Å². The molecule has 2 N–H and O–H groups in total. The standard InChI is InChI=1S/C15H19N3O5S/c1-22-7-10-3-4-12(5-11(10)6-16)17-15(19)18-13-8-24(20,21)9-14(13)23-2/h3-5,13-14H,7-9H2,1-2H3,(H2,17,18,19). The molecule has 1 heterocycles. The Morgan fingerprint density at radius 1 is 1.38 bits per heavy atom. The van der Waals surface area contributed by atoms with Gasteiger partial charge in [-0.3, -0.25) is 0 Å². The van der Waals surface area contributed by atoms with Gasteiger partial charge in [0.1, 0.15) is 0 Å². The van der Waals surface area contributed by atoms with Crippen molar-refractivity contribution in [3.05, 3.63) is 29.3 Å². The number of ether oxygens (including phenoxy) is 2. The second-order valence-corrected chi connectivity index (χ2v) is 7.63. The molecule has 2 atom stereocenters. The molecule has 0 aliphatic carbocycles. The average molecular weight is 353 g/mol. The minimum atomic E-state index is -3.22. The highest BCUT2D eigenvalue weighted by molar-refractivity contribution is 7.91. The van der Waals surface area contributed by atoms with Crippen molar-refractivity contribution in [3.8, 4) is 6.07 Å². The van der Waals surface area contributed by atoms with Gasteiger partial charge in [-0.15, -0.1) is 0 Å². The molecule has 1 fully saturated rings. The van der Waals surface area contributed by atoms with E-state index in [0.29, 0.717) is 23.4 Å². The molecule has 1 aromatic carbocycles. The predicted octanol–water partition coefficient (Wildman–Crippen LogP) is 0.638. The SMILES string of the molecule is COCc1ccc(NC(=O)NC2CS(=O)(=O)CC2OC)cc1C#N. The van der Waals surface area contributed by atoms with E-state index in [1.54, 1.807) is 12.1 Å². The molecule has 0 aromatic heterocycles. The molecule has 2 rings (SSSR count). The van der Waals surface area contributed by atoms with Crippen LogP contribution in [0.5, 0.6) is 0 Å². The van der Waals surface area contributed by atoms with Crippen LogP contribution in [-0.4, -0.2) is 52.3 Å². The third kappa shape index (κ3) is 4.44. The van der Waals surface area contributed by atoms with Gasteiger partial charge in [-0.25, -0.2) is 13.2 Å². The van der Waals surface area contributed by atoms with Crippen molar-refractivity contribution in [1.82, 2.24) is 5.32 Å². The summed E-state index contributed by atoms with van der Waals surface area (Å²) in [5.74, 6) is -0.270. The van der Waals surface area contributed by atoms with Crippen LogP contribution >= 0.6 is 0 Å². The average Bonchev–Trinajstić information content (AvgIpc) is 2.82. The Morgan fingerprint density at radius 2 is 2.12 bits per heavy atom. The van der Waals surface area contributed by atoms with Crippen LogP contribution in [0, 0.1) is 11.3 Å². The second-order valence-electron chi connectivity index (χ2n) is 5.47. The first-order chi connectivity index (χ1) is 11.4. The summed E-state index contributed by atoms with van der Waals surface area (Å²) in [6, 6.07) is 5.75. The van der Waals surface area contributed by atoms with Crippen LogP contribution in [0.4, 0.5) is 10.5 Å². The summed E-state index contributed by atoms with van der Waals surface area (Å²) < 4.78 is 33.4. The molecule has 24 heavy (non-hydrogen) atoms. The van der Waals surface area contributed by atoms with E-state index >= 15 is 0 Å². The highest BCUT2D eigenvalue weighted by atomic mass is 32.2. The number of benzene rings is 1. The normalized spacial score (nSPS) is 21.9. The van der Waals surface area contributed by atoms with Gasteiger partial charge in [0.05, 0.1) is 41.9 Å². The summed E-state index contributed by atoms with van der Waals surface area (Å²) in [7, 11) is -0.283. The van der Waals surface area contributed by atoms with Gasteiger partial charge < -0.3 is 20.1 Å². The van der Waals surface area contributed by atoms with Gasteiger partial charge in [0.2, 0.25) is 0 Å². The van der Waals surface area contributed by atoms with E-state index in [1.807, 2.05) is 6.07 Å². The Labute approximate surface area is 140 Å². The van der Waals surface area contributed by atoms with Gasteiger partial charge in [0.25, 0.3) is 0 Å². The Balaban J connectivity index is 2.04. The molecule has 8 nitrogen and oxygen atoms in total. The Kier molecular flexibility index (Phi) is 5.77. The maximum absolute atomic E-state index is 12.1. The third-order valence-electron chi connectivity index (χ3n) is 3.71. The quantitative estimate of drug-likeness (QED) is 0.802. The number of rotatable bonds is 5. The lowest BCUT2D eigenvalue weighted by molar-refractivity contribution is 0.102. The molecule has 2 unspecified atom stereocenters. The second kappa shape index (κ2) is 7.61.